The van der Waals surface area contributed by atoms with Gasteiger partial charge in [-0.2, -0.15) is 0 Å². The van der Waals surface area contributed by atoms with Gasteiger partial charge in [0.25, 0.3) is 5.91 Å². The van der Waals surface area contributed by atoms with E-state index in [-0.39, 0.29) is 29.7 Å². The van der Waals surface area contributed by atoms with Crippen molar-refractivity contribution >= 4 is 28.9 Å². The van der Waals surface area contributed by atoms with Gasteiger partial charge in [-0.3, -0.25) is 19.3 Å². The van der Waals surface area contributed by atoms with Crippen molar-refractivity contribution in [3.05, 3.63) is 40.2 Å². The molecule has 0 aromatic heterocycles. The molecular formula is C24H28FN3O7. The quantitative estimate of drug-likeness (QED) is 0.257. The number of phenols is 1. The molecule has 1 aromatic rings. The fourth-order valence-electron chi connectivity index (χ4n) is 5.68. The third-order valence-electron chi connectivity index (χ3n) is 7.24. The molecule has 0 saturated heterocycles. The van der Waals surface area contributed by atoms with Crippen LogP contribution >= 0.6 is 0 Å². The molecule has 35 heavy (non-hydrogen) atoms. The van der Waals surface area contributed by atoms with Crippen LogP contribution in [0.3, 0.4) is 0 Å². The molecule has 0 aliphatic heterocycles. The number of benzene rings is 1. The fraction of sp³-hybridized carbons (Fsp3) is 0.458. The maximum absolute atomic E-state index is 13.7. The van der Waals surface area contributed by atoms with Crippen molar-refractivity contribution in [2.45, 2.75) is 37.5 Å². The first-order valence-corrected chi connectivity index (χ1v) is 11.2. The topological polar surface area (TPSA) is 173 Å². The summed E-state index contributed by atoms with van der Waals surface area (Å²) in [5.74, 6) is -7.07. The lowest BCUT2D eigenvalue weighted by Crippen LogP contribution is -2.65. The van der Waals surface area contributed by atoms with Gasteiger partial charge in [0.05, 0.1) is 17.6 Å². The Morgan fingerprint density at radius 3 is 2.51 bits per heavy atom. The third-order valence-corrected chi connectivity index (χ3v) is 7.24. The number of nitrogens with one attached hydrogen (secondary N) is 1. The molecule has 5 atom stereocenters. The number of alkyl halides is 1. The lowest BCUT2D eigenvalue weighted by molar-refractivity contribution is -0.153. The normalized spacial score (nSPS) is 29.0. The second-order valence-electron chi connectivity index (χ2n) is 9.65. The van der Waals surface area contributed by atoms with E-state index in [4.69, 9.17) is 5.73 Å². The molecule has 3 aliphatic carbocycles. The zero-order valence-corrected chi connectivity index (χ0v) is 19.5. The van der Waals surface area contributed by atoms with Crippen molar-refractivity contribution in [3.8, 4) is 5.75 Å². The number of carbonyl (C=O) groups excluding carboxylic acids is 3. The molecule has 1 amide bonds. The molecular weight excluding hydrogens is 461 g/mol. The second-order valence-corrected chi connectivity index (χ2v) is 9.65. The Kier molecular flexibility index (Phi) is 5.89. The average Bonchev–Trinajstić information content (AvgIpc) is 2.77. The lowest BCUT2D eigenvalue weighted by atomic mass is 9.57. The molecule has 0 radical (unpaired) electrons. The number of fused-ring (bicyclic) bond motifs is 3. The van der Waals surface area contributed by atoms with Gasteiger partial charge < -0.3 is 31.5 Å². The zero-order valence-electron chi connectivity index (χ0n) is 19.5. The Balaban J connectivity index is 1.94. The van der Waals surface area contributed by atoms with Gasteiger partial charge in [-0.1, -0.05) is 0 Å². The van der Waals surface area contributed by atoms with Gasteiger partial charge >= 0.3 is 0 Å². The summed E-state index contributed by atoms with van der Waals surface area (Å²) in [5.41, 5.74) is 2.40. The molecule has 0 heterocycles. The Hall–Kier alpha value is -3.44. The van der Waals surface area contributed by atoms with E-state index in [1.807, 2.05) is 0 Å². The molecule has 188 valence electrons. The Bertz CT molecular complexity index is 1210. The molecule has 0 bridgehead atoms. The number of Topliss-reactive ketones (excluding diaryl/α,β-unsaturated/α-hetero) is 2. The predicted molar refractivity (Wildman–Crippen MR) is 123 cm³/mol. The number of anilines is 1. The number of hydrogen-bond acceptors (Lipinski definition) is 9. The number of aromatic hydroxyl groups is 1. The number of rotatable bonds is 5. The Morgan fingerprint density at radius 2 is 1.94 bits per heavy atom. The van der Waals surface area contributed by atoms with E-state index in [2.05, 4.69) is 5.32 Å². The van der Waals surface area contributed by atoms with Crippen LogP contribution in [0.4, 0.5) is 10.1 Å². The first kappa shape index (κ1) is 24.7. The van der Waals surface area contributed by atoms with Crippen molar-refractivity contribution in [1.82, 2.24) is 4.90 Å². The molecule has 2 unspecified atom stereocenters. The SMILES string of the molecule is CC(CF)Nc1ccc(O)c2c1C[C@@H]1C[C@@H]3C(N(C)C)C(=O)C(C(N)=O)=C(O)[C@@]3(O)C(=O)C1=C2O. The summed E-state index contributed by atoms with van der Waals surface area (Å²) in [5, 5.41) is 47.0. The van der Waals surface area contributed by atoms with Gasteiger partial charge in [0.15, 0.2) is 11.4 Å². The molecule has 3 aliphatic rings. The zero-order chi connectivity index (χ0) is 26.0. The molecule has 0 spiro atoms. The van der Waals surface area contributed by atoms with Gasteiger partial charge in [-0.25, -0.2) is 4.39 Å². The minimum Gasteiger partial charge on any atom is -0.508 e. The summed E-state index contributed by atoms with van der Waals surface area (Å²) in [6.45, 7) is 0.953. The van der Waals surface area contributed by atoms with Crippen LogP contribution in [0.15, 0.2) is 29.0 Å². The van der Waals surface area contributed by atoms with Gasteiger partial charge in [0, 0.05) is 17.2 Å². The van der Waals surface area contributed by atoms with Crippen molar-refractivity contribution in [3.63, 3.8) is 0 Å². The number of nitrogens with zero attached hydrogens (tertiary/aromatic N) is 1. The van der Waals surface area contributed by atoms with Crippen LogP contribution in [0.1, 0.15) is 24.5 Å². The minimum absolute atomic E-state index is 0.0144. The largest absolute Gasteiger partial charge is 0.508 e. The van der Waals surface area contributed by atoms with Gasteiger partial charge in [0.2, 0.25) is 5.78 Å². The highest BCUT2D eigenvalue weighted by Crippen LogP contribution is 2.53. The van der Waals surface area contributed by atoms with E-state index in [1.165, 1.54) is 25.1 Å². The van der Waals surface area contributed by atoms with E-state index in [1.54, 1.807) is 13.0 Å². The summed E-state index contributed by atoms with van der Waals surface area (Å²) >= 11 is 0. The molecule has 4 rings (SSSR count). The van der Waals surface area contributed by atoms with Crippen LogP contribution in [-0.4, -0.2) is 81.3 Å². The Labute approximate surface area is 200 Å². The van der Waals surface area contributed by atoms with E-state index in [9.17, 15) is 39.2 Å². The summed E-state index contributed by atoms with van der Waals surface area (Å²) in [6.07, 6.45) is 0.115. The summed E-state index contributed by atoms with van der Waals surface area (Å²) in [6, 6.07) is 1.12. The van der Waals surface area contributed by atoms with Crippen LogP contribution in [-0.2, 0) is 20.8 Å². The highest BCUT2D eigenvalue weighted by Gasteiger charge is 2.64. The molecule has 7 N–H and O–H groups in total. The highest BCUT2D eigenvalue weighted by atomic mass is 19.1. The number of hydrogen-bond donors (Lipinski definition) is 6. The Morgan fingerprint density at radius 1 is 1.29 bits per heavy atom. The first-order chi connectivity index (χ1) is 16.4. The number of likely N-dealkylation sites (N-methyl/N-ethyl adjacent to an activating group) is 1. The van der Waals surface area contributed by atoms with Crippen LogP contribution in [0.2, 0.25) is 0 Å². The number of amides is 1. The number of ketones is 2. The fourth-order valence-corrected chi connectivity index (χ4v) is 5.68. The number of halogens is 1. The number of carbonyl (C=O) groups is 3. The van der Waals surface area contributed by atoms with Crippen molar-refractivity contribution < 1.29 is 39.2 Å². The number of aliphatic hydroxyl groups is 3. The predicted octanol–water partition coefficient (Wildman–Crippen LogP) is 0.734. The van der Waals surface area contributed by atoms with Crippen LogP contribution in [0, 0.1) is 11.8 Å². The van der Waals surface area contributed by atoms with Crippen molar-refractivity contribution in [2.24, 2.45) is 17.6 Å². The number of phenolic OH excluding ortho intramolecular Hbond substituents is 1. The number of primary amides is 1. The number of aliphatic hydroxyl groups excluding tert-OH is 2. The molecule has 11 heteroatoms. The summed E-state index contributed by atoms with van der Waals surface area (Å²) < 4.78 is 13.1. The standard InChI is InChI=1S/C24H28FN3O7/c1-9(8-25)27-13-4-5-14(29)16-11(13)6-10-7-12-18(28(2)3)20(31)17(23(26)34)22(33)24(12,35)21(32)15(10)19(16)30/h4-5,9-10,12,18,27,29-30,33,35H,6-8H2,1-3H3,(H2,26,34)/t9?,10-,12-,18?,24+/m1/s1. The molecule has 1 aromatic carbocycles. The van der Waals surface area contributed by atoms with E-state index in [0.717, 1.165) is 0 Å². The van der Waals surface area contributed by atoms with Gasteiger partial charge in [-0.05, 0) is 57.5 Å². The molecule has 10 nitrogen and oxygen atoms in total. The van der Waals surface area contributed by atoms with Crippen LogP contribution in [0.5, 0.6) is 5.75 Å². The second kappa shape index (κ2) is 8.35. The first-order valence-electron chi connectivity index (χ1n) is 11.2. The maximum Gasteiger partial charge on any atom is 0.255 e. The smallest absolute Gasteiger partial charge is 0.255 e. The van der Waals surface area contributed by atoms with Gasteiger partial charge in [0.1, 0.15) is 29.5 Å². The molecule has 1 saturated carbocycles. The summed E-state index contributed by atoms with van der Waals surface area (Å²) in [7, 11) is 3.07. The summed E-state index contributed by atoms with van der Waals surface area (Å²) in [4.78, 5) is 40.2. The van der Waals surface area contributed by atoms with Crippen LogP contribution in [0.25, 0.3) is 5.76 Å². The monoisotopic (exact) mass is 489 g/mol. The highest BCUT2D eigenvalue weighted by molar-refractivity contribution is 6.24. The van der Waals surface area contributed by atoms with Crippen LogP contribution < -0.4 is 11.1 Å². The van der Waals surface area contributed by atoms with E-state index >= 15 is 0 Å². The van der Waals surface area contributed by atoms with Crippen molar-refractivity contribution in [2.75, 3.05) is 26.1 Å². The lowest BCUT2D eigenvalue weighted by Gasteiger charge is -2.50. The third kappa shape index (κ3) is 3.41. The maximum atomic E-state index is 13.7. The van der Waals surface area contributed by atoms with Crippen molar-refractivity contribution in [1.29, 1.82) is 0 Å². The van der Waals surface area contributed by atoms with Gasteiger partial charge in [-0.15, -0.1) is 0 Å². The molecule has 1 fully saturated rings. The number of nitrogens with two attached hydrogens (primary N) is 1. The van der Waals surface area contributed by atoms with E-state index in [0.29, 0.717) is 11.3 Å². The minimum atomic E-state index is -2.68. The average molecular weight is 490 g/mol. The van der Waals surface area contributed by atoms with E-state index < -0.39 is 70.8 Å².